The molecule has 3 aromatic heterocycles. The van der Waals surface area contributed by atoms with Crippen molar-refractivity contribution in [3.8, 4) is 11.1 Å². The summed E-state index contributed by atoms with van der Waals surface area (Å²) in [6.45, 7) is 0.325. The van der Waals surface area contributed by atoms with E-state index in [-0.39, 0.29) is 18.3 Å². The van der Waals surface area contributed by atoms with Crippen molar-refractivity contribution < 1.29 is 5.11 Å². The van der Waals surface area contributed by atoms with Crippen molar-refractivity contribution >= 4 is 21.8 Å². The van der Waals surface area contributed by atoms with Crippen molar-refractivity contribution in [1.29, 1.82) is 0 Å². The molecule has 0 unspecified atom stereocenters. The van der Waals surface area contributed by atoms with Crippen molar-refractivity contribution in [3.05, 3.63) is 94.9 Å². The molecule has 0 bridgehead atoms. The fourth-order valence-electron chi connectivity index (χ4n) is 4.59. The maximum Gasteiger partial charge on any atom is 0.329 e. The number of aliphatic hydroxyl groups excluding tert-OH is 1. The Morgan fingerprint density at radius 3 is 2.72 bits per heavy atom. The van der Waals surface area contributed by atoms with Crippen molar-refractivity contribution in [3.63, 3.8) is 0 Å². The molecule has 0 amide bonds. The van der Waals surface area contributed by atoms with Gasteiger partial charge in [-0.15, -0.1) is 0 Å². The summed E-state index contributed by atoms with van der Waals surface area (Å²) in [4.78, 5) is 22.5. The molecule has 0 radical (unpaired) electrons. The third kappa shape index (κ3) is 3.03. The minimum Gasteiger partial charge on any atom is -0.392 e. The Labute approximate surface area is 184 Å². The fourth-order valence-corrected chi connectivity index (χ4v) is 4.59. The Kier molecular flexibility index (Phi) is 4.40. The lowest BCUT2D eigenvalue weighted by Gasteiger charge is -2.14. The lowest BCUT2D eigenvalue weighted by Crippen LogP contribution is -2.24. The van der Waals surface area contributed by atoms with E-state index < -0.39 is 0 Å². The van der Waals surface area contributed by atoms with Crippen LogP contribution in [0.25, 0.3) is 32.9 Å². The van der Waals surface area contributed by atoms with Crippen LogP contribution in [0.15, 0.2) is 78.0 Å². The second-order valence-electron chi connectivity index (χ2n) is 8.36. The highest BCUT2D eigenvalue weighted by atomic mass is 16.3. The number of fused-ring (bicyclic) bond motifs is 2. The smallest absolute Gasteiger partial charge is 0.329 e. The fraction of sp³-hybridized carbons (Fsp3) is 0.192. The number of aromatic nitrogens is 4. The molecule has 5 aromatic rings. The molecule has 1 aliphatic carbocycles. The highest BCUT2D eigenvalue weighted by Gasteiger charge is 2.29. The molecular weight excluding hydrogens is 400 g/mol. The molecule has 2 aromatic carbocycles. The zero-order chi connectivity index (χ0) is 21.7. The number of nitrogens with zero attached hydrogens (tertiary/aromatic N) is 4. The first kappa shape index (κ1) is 19.0. The van der Waals surface area contributed by atoms with E-state index >= 15 is 0 Å². The van der Waals surface area contributed by atoms with Crippen LogP contribution in [0.4, 0.5) is 0 Å². The van der Waals surface area contributed by atoms with Crippen LogP contribution in [0.3, 0.4) is 0 Å². The summed E-state index contributed by atoms with van der Waals surface area (Å²) >= 11 is 0. The third-order valence-electron chi connectivity index (χ3n) is 6.26. The second kappa shape index (κ2) is 7.43. The summed E-state index contributed by atoms with van der Waals surface area (Å²) in [5.74, 6) is 0. The Balaban J connectivity index is 1.59. The molecular formula is C26H22N4O2. The third-order valence-corrected chi connectivity index (χ3v) is 6.26. The zero-order valence-corrected chi connectivity index (χ0v) is 17.5. The average molecular weight is 422 g/mol. The van der Waals surface area contributed by atoms with Crippen LogP contribution >= 0.6 is 0 Å². The molecule has 6 heteroatoms. The van der Waals surface area contributed by atoms with Gasteiger partial charge < -0.3 is 5.11 Å². The van der Waals surface area contributed by atoms with Gasteiger partial charge in [0.05, 0.1) is 36.1 Å². The van der Waals surface area contributed by atoms with Crippen molar-refractivity contribution in [1.82, 2.24) is 19.1 Å². The monoisotopic (exact) mass is 422 g/mol. The van der Waals surface area contributed by atoms with Gasteiger partial charge in [0, 0.05) is 29.4 Å². The van der Waals surface area contributed by atoms with Crippen molar-refractivity contribution in [2.24, 2.45) is 0 Å². The van der Waals surface area contributed by atoms with E-state index in [0.29, 0.717) is 6.54 Å². The minimum atomic E-state index is -0.0264. The lowest BCUT2D eigenvalue weighted by atomic mass is 9.96. The molecule has 0 spiro atoms. The highest BCUT2D eigenvalue weighted by Crippen LogP contribution is 2.36. The number of hydrogen-bond acceptors (Lipinski definition) is 4. The molecule has 0 atom stereocenters. The highest BCUT2D eigenvalue weighted by molar-refractivity contribution is 5.97. The topological polar surface area (TPSA) is 72.9 Å². The maximum absolute atomic E-state index is 13.4. The van der Waals surface area contributed by atoms with Crippen LogP contribution in [0.5, 0.6) is 0 Å². The normalized spacial score (nSPS) is 13.8. The standard InChI is InChI=1S/C26H22N4O2/c31-16-17-4-3-6-18(12-17)25-21-7-2-1-5-19(21)13-28-22(25)15-29-24-14-27-11-10-23(24)30(26(29)32)20-8-9-20/h1-7,10-14,20,31H,8-9,15-16H2. The van der Waals surface area contributed by atoms with E-state index in [1.54, 1.807) is 17.0 Å². The number of rotatable bonds is 5. The van der Waals surface area contributed by atoms with Gasteiger partial charge in [0.2, 0.25) is 0 Å². The summed E-state index contributed by atoms with van der Waals surface area (Å²) < 4.78 is 3.70. The second-order valence-corrected chi connectivity index (χ2v) is 8.36. The largest absolute Gasteiger partial charge is 0.392 e. The van der Waals surface area contributed by atoms with Gasteiger partial charge in [0.1, 0.15) is 0 Å². The summed E-state index contributed by atoms with van der Waals surface area (Å²) in [6, 6.07) is 18.2. The van der Waals surface area contributed by atoms with Gasteiger partial charge in [-0.25, -0.2) is 4.79 Å². The van der Waals surface area contributed by atoms with Gasteiger partial charge in [-0.05, 0) is 41.5 Å². The van der Waals surface area contributed by atoms with Gasteiger partial charge in [0.25, 0.3) is 0 Å². The van der Waals surface area contributed by atoms with Gasteiger partial charge in [0.15, 0.2) is 0 Å². The predicted octanol–water partition coefficient (Wildman–Crippen LogP) is 4.29. The van der Waals surface area contributed by atoms with Crippen LogP contribution in [0.2, 0.25) is 0 Å². The van der Waals surface area contributed by atoms with Crippen LogP contribution in [0, 0.1) is 0 Å². The Bertz CT molecular complexity index is 1530. The van der Waals surface area contributed by atoms with Gasteiger partial charge in [-0.1, -0.05) is 42.5 Å². The summed E-state index contributed by atoms with van der Waals surface area (Å²) in [5.41, 5.74) is 5.37. The molecule has 0 aliphatic heterocycles. The molecule has 1 fully saturated rings. The molecule has 3 heterocycles. The molecule has 1 aliphatic rings. The van der Waals surface area contributed by atoms with Crippen molar-refractivity contribution in [2.75, 3.05) is 0 Å². The lowest BCUT2D eigenvalue weighted by molar-refractivity contribution is 0.282. The first-order valence-corrected chi connectivity index (χ1v) is 10.9. The Hall–Kier alpha value is -3.77. The molecule has 158 valence electrons. The summed E-state index contributed by atoms with van der Waals surface area (Å²) in [5, 5.41) is 11.8. The SMILES string of the molecule is O=c1n(Cc2ncc3ccccc3c2-c2cccc(CO)c2)c2cnccc2n1C1CC1. The Morgan fingerprint density at radius 1 is 1.00 bits per heavy atom. The van der Waals surface area contributed by atoms with Crippen LogP contribution in [-0.4, -0.2) is 24.2 Å². The van der Waals surface area contributed by atoms with E-state index in [4.69, 9.17) is 4.98 Å². The minimum absolute atomic E-state index is 0.0134. The molecule has 6 nitrogen and oxygen atoms in total. The number of pyridine rings is 2. The number of benzene rings is 2. The zero-order valence-electron chi connectivity index (χ0n) is 17.5. The van der Waals surface area contributed by atoms with Crippen LogP contribution in [0.1, 0.15) is 30.1 Å². The van der Waals surface area contributed by atoms with E-state index in [1.807, 2.05) is 59.3 Å². The van der Waals surface area contributed by atoms with E-state index in [1.165, 1.54) is 0 Å². The molecule has 6 rings (SSSR count). The van der Waals surface area contributed by atoms with E-state index in [9.17, 15) is 9.90 Å². The molecule has 0 saturated heterocycles. The quantitative estimate of drug-likeness (QED) is 0.459. The van der Waals surface area contributed by atoms with E-state index in [2.05, 4.69) is 11.1 Å². The van der Waals surface area contributed by atoms with Gasteiger partial charge >= 0.3 is 5.69 Å². The number of imidazole rings is 1. The Morgan fingerprint density at radius 2 is 1.88 bits per heavy atom. The number of aliphatic hydroxyl groups is 1. The predicted molar refractivity (Wildman–Crippen MR) is 124 cm³/mol. The first-order valence-electron chi connectivity index (χ1n) is 10.9. The van der Waals surface area contributed by atoms with Gasteiger partial charge in [-0.3, -0.25) is 19.1 Å². The van der Waals surface area contributed by atoms with Gasteiger partial charge in [-0.2, -0.15) is 0 Å². The number of hydrogen-bond donors (Lipinski definition) is 1. The summed E-state index contributed by atoms with van der Waals surface area (Å²) in [7, 11) is 0. The van der Waals surface area contributed by atoms with Crippen LogP contribution < -0.4 is 5.69 Å². The first-order chi connectivity index (χ1) is 15.7. The average Bonchev–Trinajstić information content (AvgIpc) is 3.64. The molecule has 32 heavy (non-hydrogen) atoms. The maximum atomic E-state index is 13.4. The molecule has 1 saturated carbocycles. The summed E-state index contributed by atoms with van der Waals surface area (Å²) in [6.07, 6.45) is 7.45. The van der Waals surface area contributed by atoms with Crippen LogP contribution in [-0.2, 0) is 13.2 Å². The van der Waals surface area contributed by atoms with Crippen molar-refractivity contribution in [2.45, 2.75) is 32.0 Å². The van der Waals surface area contributed by atoms with E-state index in [0.717, 1.165) is 57.0 Å². The molecule has 1 N–H and O–H groups in total.